The summed E-state index contributed by atoms with van der Waals surface area (Å²) >= 11 is 0. The van der Waals surface area contributed by atoms with Crippen molar-refractivity contribution in [3.63, 3.8) is 0 Å². The van der Waals surface area contributed by atoms with E-state index in [1.807, 2.05) is 23.1 Å². The Morgan fingerprint density at radius 2 is 1.96 bits per heavy atom. The van der Waals surface area contributed by atoms with Crippen molar-refractivity contribution in [2.75, 3.05) is 40.5 Å². The van der Waals surface area contributed by atoms with Gasteiger partial charge in [0.05, 0.1) is 27.2 Å². The summed E-state index contributed by atoms with van der Waals surface area (Å²) < 4.78 is 16.0. The van der Waals surface area contributed by atoms with E-state index in [0.717, 1.165) is 38.1 Å². The van der Waals surface area contributed by atoms with Crippen molar-refractivity contribution in [3.8, 4) is 11.5 Å². The SMILES string of the molecule is C=CCOCC1CCN(C(=O)Cc2ccc(OC)c(OC)c2)CC1. The lowest BCUT2D eigenvalue weighted by Gasteiger charge is -2.32. The van der Waals surface area contributed by atoms with Crippen LogP contribution in [0.15, 0.2) is 30.9 Å². The number of methoxy groups -OCH3 is 2. The summed E-state index contributed by atoms with van der Waals surface area (Å²) in [5.41, 5.74) is 0.939. The van der Waals surface area contributed by atoms with Gasteiger partial charge in [0.15, 0.2) is 11.5 Å². The highest BCUT2D eigenvalue weighted by Crippen LogP contribution is 2.28. The zero-order valence-electron chi connectivity index (χ0n) is 14.6. The van der Waals surface area contributed by atoms with Gasteiger partial charge in [0, 0.05) is 19.7 Å². The van der Waals surface area contributed by atoms with Crippen LogP contribution in [0.4, 0.5) is 0 Å². The second-order valence-corrected chi connectivity index (χ2v) is 6.02. The van der Waals surface area contributed by atoms with Crippen LogP contribution in [0.1, 0.15) is 18.4 Å². The maximum Gasteiger partial charge on any atom is 0.226 e. The first kappa shape index (κ1) is 18.3. The van der Waals surface area contributed by atoms with E-state index in [-0.39, 0.29) is 5.91 Å². The molecule has 0 aromatic heterocycles. The molecule has 1 fully saturated rings. The molecule has 0 N–H and O–H groups in total. The first-order chi connectivity index (χ1) is 11.7. The zero-order valence-corrected chi connectivity index (χ0v) is 14.6. The summed E-state index contributed by atoms with van der Waals surface area (Å²) in [6.07, 6.45) is 4.14. The lowest BCUT2D eigenvalue weighted by Crippen LogP contribution is -2.40. The summed E-state index contributed by atoms with van der Waals surface area (Å²) in [4.78, 5) is 14.4. The smallest absolute Gasteiger partial charge is 0.226 e. The minimum atomic E-state index is 0.160. The van der Waals surface area contributed by atoms with Gasteiger partial charge in [-0.2, -0.15) is 0 Å². The van der Waals surface area contributed by atoms with E-state index in [9.17, 15) is 4.79 Å². The number of nitrogens with zero attached hydrogens (tertiary/aromatic N) is 1. The number of benzene rings is 1. The largest absolute Gasteiger partial charge is 0.493 e. The van der Waals surface area contributed by atoms with Crippen LogP contribution in [-0.4, -0.2) is 51.3 Å². The zero-order chi connectivity index (χ0) is 17.4. The maximum absolute atomic E-state index is 12.5. The lowest BCUT2D eigenvalue weighted by molar-refractivity contribution is -0.132. The fourth-order valence-electron chi connectivity index (χ4n) is 2.94. The molecule has 1 amide bonds. The third kappa shape index (κ3) is 4.99. The second-order valence-electron chi connectivity index (χ2n) is 6.02. The van der Waals surface area contributed by atoms with Crippen LogP contribution in [0.3, 0.4) is 0 Å². The van der Waals surface area contributed by atoms with Gasteiger partial charge >= 0.3 is 0 Å². The number of piperidine rings is 1. The summed E-state index contributed by atoms with van der Waals surface area (Å²) in [6.45, 7) is 6.60. The molecule has 24 heavy (non-hydrogen) atoms. The van der Waals surface area contributed by atoms with Gasteiger partial charge in [-0.3, -0.25) is 4.79 Å². The molecule has 2 rings (SSSR count). The normalized spacial score (nSPS) is 15.2. The van der Waals surface area contributed by atoms with Crippen molar-refractivity contribution in [1.29, 1.82) is 0 Å². The highest BCUT2D eigenvalue weighted by atomic mass is 16.5. The van der Waals surface area contributed by atoms with Crippen LogP contribution in [0.25, 0.3) is 0 Å². The van der Waals surface area contributed by atoms with E-state index in [4.69, 9.17) is 14.2 Å². The van der Waals surface area contributed by atoms with Crippen LogP contribution >= 0.6 is 0 Å². The summed E-state index contributed by atoms with van der Waals surface area (Å²) in [6, 6.07) is 5.62. The predicted molar refractivity (Wildman–Crippen MR) is 93.6 cm³/mol. The quantitative estimate of drug-likeness (QED) is 0.542. The molecule has 1 aliphatic heterocycles. The third-order valence-corrected chi connectivity index (χ3v) is 4.36. The van der Waals surface area contributed by atoms with Crippen LogP contribution in [0.2, 0.25) is 0 Å². The molecule has 1 aromatic rings. The van der Waals surface area contributed by atoms with E-state index < -0.39 is 0 Å². The molecule has 1 aliphatic rings. The van der Waals surface area contributed by atoms with Crippen LogP contribution < -0.4 is 9.47 Å². The maximum atomic E-state index is 12.5. The molecule has 0 unspecified atom stereocenters. The molecule has 1 heterocycles. The Morgan fingerprint density at radius 3 is 2.58 bits per heavy atom. The van der Waals surface area contributed by atoms with Gasteiger partial charge in [0.2, 0.25) is 5.91 Å². The van der Waals surface area contributed by atoms with Gasteiger partial charge in [-0.25, -0.2) is 0 Å². The molecule has 0 aliphatic carbocycles. The second kappa shape index (κ2) is 9.33. The van der Waals surface area contributed by atoms with Gasteiger partial charge in [-0.05, 0) is 36.5 Å². The molecule has 1 aromatic carbocycles. The molecule has 5 nitrogen and oxygen atoms in total. The van der Waals surface area contributed by atoms with Crippen molar-refractivity contribution < 1.29 is 19.0 Å². The van der Waals surface area contributed by atoms with E-state index in [0.29, 0.717) is 30.4 Å². The molecule has 5 heteroatoms. The highest BCUT2D eigenvalue weighted by molar-refractivity contribution is 5.79. The Bertz CT molecular complexity index is 550. The van der Waals surface area contributed by atoms with E-state index >= 15 is 0 Å². The number of likely N-dealkylation sites (tertiary alicyclic amines) is 1. The Kier molecular flexibility index (Phi) is 7.12. The molecule has 0 saturated carbocycles. The van der Waals surface area contributed by atoms with Gasteiger partial charge in [-0.15, -0.1) is 6.58 Å². The van der Waals surface area contributed by atoms with Crippen LogP contribution in [0, 0.1) is 5.92 Å². The molecule has 132 valence electrons. The number of amides is 1. The molecule has 0 atom stereocenters. The van der Waals surface area contributed by atoms with Crippen LogP contribution in [0.5, 0.6) is 11.5 Å². The topological polar surface area (TPSA) is 48.0 Å². The van der Waals surface area contributed by atoms with Crippen molar-refractivity contribution >= 4 is 5.91 Å². The minimum absolute atomic E-state index is 0.160. The Balaban J connectivity index is 1.84. The van der Waals surface area contributed by atoms with Crippen LogP contribution in [-0.2, 0) is 16.0 Å². The monoisotopic (exact) mass is 333 g/mol. The lowest BCUT2D eigenvalue weighted by atomic mass is 9.97. The van der Waals surface area contributed by atoms with Gasteiger partial charge in [0.25, 0.3) is 0 Å². The standard InChI is InChI=1S/C19H27NO4/c1-4-11-24-14-15-7-9-20(10-8-15)19(21)13-16-5-6-17(22-2)18(12-16)23-3/h4-6,12,15H,1,7-11,13-14H2,2-3H3. The number of rotatable bonds is 8. The first-order valence-electron chi connectivity index (χ1n) is 8.35. The molecule has 1 saturated heterocycles. The van der Waals surface area contributed by atoms with E-state index in [1.54, 1.807) is 20.3 Å². The Morgan fingerprint density at radius 1 is 1.25 bits per heavy atom. The average Bonchev–Trinajstić information content (AvgIpc) is 2.62. The number of carbonyl (C=O) groups excluding carboxylic acids is 1. The number of carbonyl (C=O) groups is 1. The molecular formula is C19H27NO4. The van der Waals surface area contributed by atoms with Crippen molar-refractivity contribution in [3.05, 3.63) is 36.4 Å². The number of ether oxygens (including phenoxy) is 3. The summed E-state index contributed by atoms with van der Waals surface area (Å²) in [5, 5.41) is 0. The number of hydrogen-bond acceptors (Lipinski definition) is 4. The molecule has 0 radical (unpaired) electrons. The highest BCUT2D eigenvalue weighted by Gasteiger charge is 2.23. The van der Waals surface area contributed by atoms with E-state index in [2.05, 4.69) is 6.58 Å². The number of hydrogen-bond donors (Lipinski definition) is 0. The summed E-state index contributed by atoms with van der Waals surface area (Å²) in [7, 11) is 3.20. The Hall–Kier alpha value is -2.01. The van der Waals surface area contributed by atoms with Gasteiger partial charge in [-0.1, -0.05) is 12.1 Å². The van der Waals surface area contributed by atoms with Crippen molar-refractivity contribution in [1.82, 2.24) is 4.90 Å². The minimum Gasteiger partial charge on any atom is -0.493 e. The van der Waals surface area contributed by atoms with Crippen molar-refractivity contribution in [2.45, 2.75) is 19.3 Å². The van der Waals surface area contributed by atoms with Crippen molar-refractivity contribution in [2.24, 2.45) is 5.92 Å². The molecule has 0 spiro atoms. The first-order valence-corrected chi connectivity index (χ1v) is 8.35. The van der Waals surface area contributed by atoms with E-state index in [1.165, 1.54) is 0 Å². The molecule has 0 bridgehead atoms. The predicted octanol–water partition coefficient (Wildman–Crippen LogP) is 2.69. The fraction of sp³-hybridized carbons (Fsp3) is 0.526. The fourth-order valence-corrected chi connectivity index (χ4v) is 2.94. The average molecular weight is 333 g/mol. The van der Waals surface area contributed by atoms with Gasteiger partial charge in [0.1, 0.15) is 0 Å². The third-order valence-electron chi connectivity index (χ3n) is 4.36. The molecular weight excluding hydrogens is 306 g/mol. The summed E-state index contributed by atoms with van der Waals surface area (Å²) in [5.74, 6) is 2.03. The van der Waals surface area contributed by atoms with Gasteiger partial charge < -0.3 is 19.1 Å². The Labute approximate surface area is 144 Å².